The van der Waals surface area contributed by atoms with Gasteiger partial charge in [-0.1, -0.05) is 43.1 Å². The quantitative estimate of drug-likeness (QED) is 0.822. The molecule has 0 fully saturated rings. The zero-order valence-corrected chi connectivity index (χ0v) is 11.2. The topological polar surface area (TPSA) is 40.9 Å². The monoisotopic (exact) mass is 269 g/mol. The summed E-state index contributed by atoms with van der Waals surface area (Å²) < 4.78 is 0. The number of halogens is 2. The summed E-state index contributed by atoms with van der Waals surface area (Å²) in [5.74, 6) is -1.19. The summed E-state index contributed by atoms with van der Waals surface area (Å²) in [7, 11) is 0. The van der Waals surface area contributed by atoms with E-state index in [9.17, 15) is 4.79 Å². The zero-order chi connectivity index (χ0) is 13.0. The fourth-order valence-corrected chi connectivity index (χ4v) is 2.16. The molecule has 1 aromatic rings. The molecule has 1 aromatic carbocycles. The molecule has 0 heterocycles. The lowest BCUT2D eigenvalue weighted by molar-refractivity contribution is -0.122. The first-order valence-electron chi connectivity index (χ1n) is 5.40. The maximum absolute atomic E-state index is 12.1. The number of rotatable bonds is 4. The fourth-order valence-electron chi connectivity index (χ4n) is 1.54. The maximum Gasteiger partial charge on any atom is 0.157 e. The SMILES string of the molecule is CCC(C)C(=O)C(C#N)c1c(Cl)cccc1Cl. The lowest BCUT2D eigenvalue weighted by Crippen LogP contribution is -2.19. The van der Waals surface area contributed by atoms with Gasteiger partial charge in [0.15, 0.2) is 5.78 Å². The van der Waals surface area contributed by atoms with E-state index in [4.69, 9.17) is 28.5 Å². The van der Waals surface area contributed by atoms with Crippen LogP contribution < -0.4 is 0 Å². The predicted molar refractivity (Wildman–Crippen MR) is 69.3 cm³/mol. The van der Waals surface area contributed by atoms with Gasteiger partial charge in [-0.2, -0.15) is 5.26 Å². The number of nitriles is 1. The molecule has 0 amide bonds. The van der Waals surface area contributed by atoms with Crippen LogP contribution in [0.25, 0.3) is 0 Å². The van der Waals surface area contributed by atoms with Crippen LogP contribution in [0.5, 0.6) is 0 Å². The van der Waals surface area contributed by atoms with E-state index < -0.39 is 5.92 Å². The number of ketones is 1. The molecule has 0 aliphatic carbocycles. The summed E-state index contributed by atoms with van der Waals surface area (Å²) in [6.07, 6.45) is 0.694. The molecule has 2 unspecified atom stereocenters. The molecule has 2 nitrogen and oxygen atoms in total. The van der Waals surface area contributed by atoms with Gasteiger partial charge < -0.3 is 0 Å². The summed E-state index contributed by atoms with van der Waals surface area (Å²) >= 11 is 12.0. The molecule has 0 bridgehead atoms. The number of nitrogens with zero attached hydrogens (tertiary/aromatic N) is 1. The molecule has 90 valence electrons. The van der Waals surface area contributed by atoms with Gasteiger partial charge in [-0.25, -0.2) is 0 Å². The maximum atomic E-state index is 12.1. The molecule has 17 heavy (non-hydrogen) atoms. The van der Waals surface area contributed by atoms with Gasteiger partial charge in [0.1, 0.15) is 5.92 Å². The first-order valence-corrected chi connectivity index (χ1v) is 6.15. The second-order valence-electron chi connectivity index (χ2n) is 3.91. The van der Waals surface area contributed by atoms with Gasteiger partial charge >= 0.3 is 0 Å². The Morgan fingerprint density at radius 3 is 2.35 bits per heavy atom. The lowest BCUT2D eigenvalue weighted by Gasteiger charge is -2.15. The second-order valence-corrected chi connectivity index (χ2v) is 4.72. The Balaban J connectivity index is 3.20. The van der Waals surface area contributed by atoms with E-state index in [1.807, 2.05) is 13.0 Å². The summed E-state index contributed by atoms with van der Waals surface area (Å²) in [5.41, 5.74) is 0.420. The van der Waals surface area contributed by atoms with Crippen molar-refractivity contribution in [3.05, 3.63) is 33.8 Å². The summed E-state index contributed by atoms with van der Waals surface area (Å²) in [5, 5.41) is 9.88. The molecule has 0 saturated heterocycles. The highest BCUT2D eigenvalue weighted by Crippen LogP contribution is 2.33. The Kier molecular flexibility index (Phi) is 4.99. The highest BCUT2D eigenvalue weighted by molar-refractivity contribution is 6.36. The lowest BCUT2D eigenvalue weighted by atomic mass is 9.88. The van der Waals surface area contributed by atoms with Crippen molar-refractivity contribution >= 4 is 29.0 Å². The Morgan fingerprint density at radius 2 is 1.94 bits per heavy atom. The van der Waals surface area contributed by atoms with Crippen LogP contribution in [0, 0.1) is 17.2 Å². The highest BCUT2D eigenvalue weighted by atomic mass is 35.5. The largest absolute Gasteiger partial charge is 0.298 e. The normalized spacial score (nSPS) is 13.8. The van der Waals surface area contributed by atoms with Crippen molar-refractivity contribution in [2.75, 3.05) is 0 Å². The molecule has 2 atom stereocenters. The number of Topliss-reactive ketones (excluding diaryl/α,β-unsaturated/α-hetero) is 1. The smallest absolute Gasteiger partial charge is 0.157 e. The Labute approximate surface area is 111 Å². The van der Waals surface area contributed by atoms with E-state index >= 15 is 0 Å². The van der Waals surface area contributed by atoms with E-state index in [1.54, 1.807) is 25.1 Å². The van der Waals surface area contributed by atoms with Crippen molar-refractivity contribution in [1.29, 1.82) is 5.26 Å². The van der Waals surface area contributed by atoms with E-state index in [-0.39, 0.29) is 11.7 Å². The van der Waals surface area contributed by atoms with E-state index in [2.05, 4.69) is 0 Å². The molecule has 4 heteroatoms. The molecular weight excluding hydrogens is 257 g/mol. The van der Waals surface area contributed by atoms with Gasteiger partial charge in [0, 0.05) is 21.5 Å². The number of carbonyl (C=O) groups excluding carboxylic acids is 1. The third-order valence-corrected chi connectivity index (χ3v) is 3.46. The van der Waals surface area contributed by atoms with Crippen molar-refractivity contribution in [2.24, 2.45) is 5.92 Å². The van der Waals surface area contributed by atoms with Crippen LogP contribution >= 0.6 is 23.2 Å². The molecular formula is C13H13Cl2NO. The first kappa shape index (κ1) is 14.0. The van der Waals surface area contributed by atoms with Crippen molar-refractivity contribution in [3.8, 4) is 6.07 Å². The second kappa shape index (κ2) is 6.05. The highest BCUT2D eigenvalue weighted by Gasteiger charge is 2.27. The molecule has 0 spiro atoms. The number of hydrogen-bond donors (Lipinski definition) is 0. The average Bonchev–Trinajstić information content (AvgIpc) is 2.32. The molecule has 0 aromatic heterocycles. The van der Waals surface area contributed by atoms with Crippen LogP contribution in [-0.2, 0) is 4.79 Å². The Morgan fingerprint density at radius 1 is 1.41 bits per heavy atom. The van der Waals surface area contributed by atoms with Crippen molar-refractivity contribution in [3.63, 3.8) is 0 Å². The number of benzene rings is 1. The van der Waals surface area contributed by atoms with Crippen LogP contribution in [0.2, 0.25) is 10.0 Å². The molecule has 0 N–H and O–H groups in total. The van der Waals surface area contributed by atoms with Gasteiger partial charge in [-0.3, -0.25) is 4.79 Å². The average molecular weight is 270 g/mol. The molecule has 0 aliphatic heterocycles. The molecule has 1 rings (SSSR count). The summed E-state index contributed by atoms with van der Waals surface area (Å²) in [6.45, 7) is 3.71. The van der Waals surface area contributed by atoms with Crippen molar-refractivity contribution < 1.29 is 4.79 Å². The van der Waals surface area contributed by atoms with E-state index in [0.29, 0.717) is 22.0 Å². The number of carbonyl (C=O) groups is 1. The van der Waals surface area contributed by atoms with Crippen LogP contribution in [-0.4, -0.2) is 5.78 Å². The van der Waals surface area contributed by atoms with Gasteiger partial charge in [-0.05, 0) is 18.6 Å². The standard InChI is InChI=1S/C13H13Cl2NO/c1-3-8(2)13(17)9(7-16)12-10(14)5-4-6-11(12)15/h4-6,8-9H,3H2,1-2H3. The Hall–Kier alpha value is -1.04. The Bertz CT molecular complexity index is 445. The van der Waals surface area contributed by atoms with Gasteiger partial charge in [0.2, 0.25) is 0 Å². The van der Waals surface area contributed by atoms with Gasteiger partial charge in [-0.15, -0.1) is 0 Å². The van der Waals surface area contributed by atoms with Crippen molar-refractivity contribution in [1.82, 2.24) is 0 Å². The third-order valence-electron chi connectivity index (χ3n) is 2.80. The van der Waals surface area contributed by atoms with Crippen LogP contribution in [0.1, 0.15) is 31.7 Å². The summed E-state index contributed by atoms with van der Waals surface area (Å²) in [6, 6.07) is 6.96. The van der Waals surface area contributed by atoms with Crippen LogP contribution in [0.3, 0.4) is 0 Å². The minimum absolute atomic E-state index is 0.134. The molecule has 0 radical (unpaired) electrons. The van der Waals surface area contributed by atoms with Crippen molar-refractivity contribution in [2.45, 2.75) is 26.2 Å². The summed E-state index contributed by atoms with van der Waals surface area (Å²) in [4.78, 5) is 12.1. The van der Waals surface area contributed by atoms with Crippen LogP contribution in [0.4, 0.5) is 0 Å². The fraction of sp³-hybridized carbons (Fsp3) is 0.385. The van der Waals surface area contributed by atoms with Gasteiger partial charge in [0.05, 0.1) is 6.07 Å². The predicted octanol–water partition coefficient (Wildman–Crippen LogP) is 4.22. The molecule has 0 saturated carbocycles. The minimum Gasteiger partial charge on any atom is -0.298 e. The van der Waals surface area contributed by atoms with Gasteiger partial charge in [0.25, 0.3) is 0 Å². The first-order chi connectivity index (χ1) is 8.02. The van der Waals surface area contributed by atoms with Crippen LogP contribution in [0.15, 0.2) is 18.2 Å². The zero-order valence-electron chi connectivity index (χ0n) is 9.71. The third kappa shape index (κ3) is 3.00. The van der Waals surface area contributed by atoms with E-state index in [1.165, 1.54) is 0 Å². The molecule has 0 aliphatic rings. The van der Waals surface area contributed by atoms with E-state index in [0.717, 1.165) is 0 Å². The minimum atomic E-state index is -0.883. The number of hydrogen-bond acceptors (Lipinski definition) is 2.